The van der Waals surface area contributed by atoms with Crippen molar-refractivity contribution in [3.63, 3.8) is 0 Å². The third-order valence-corrected chi connectivity index (χ3v) is 5.08. The Bertz CT molecular complexity index is 800. The first-order valence-electron chi connectivity index (χ1n) is 7.44. The van der Waals surface area contributed by atoms with Crippen LogP contribution < -0.4 is 5.32 Å². The summed E-state index contributed by atoms with van der Waals surface area (Å²) in [5.74, 6) is -0.357. The lowest BCUT2D eigenvalue weighted by Crippen LogP contribution is -2.30. The summed E-state index contributed by atoms with van der Waals surface area (Å²) in [6, 6.07) is 17.6. The molecule has 0 saturated carbocycles. The fourth-order valence-corrected chi connectivity index (χ4v) is 3.50. The van der Waals surface area contributed by atoms with Crippen molar-refractivity contribution in [1.82, 2.24) is 5.32 Å². The second-order valence-electron chi connectivity index (χ2n) is 5.37. The molecule has 0 spiro atoms. The van der Waals surface area contributed by atoms with Crippen molar-refractivity contribution in [2.75, 3.05) is 0 Å². The summed E-state index contributed by atoms with van der Waals surface area (Å²) < 4.78 is 14.2. The molecular weight excluding hydrogens is 389 g/mol. The minimum atomic E-state index is -0.287. The number of carbonyl (C=O) groups excluding carboxylic acids is 1. The highest BCUT2D eigenvalue weighted by Crippen LogP contribution is 2.26. The standard InChI is InChI=1S/C19H15BrFNOS/c20-15-7-3-13(4-8-15)12-18(23)22-19(17-2-1-11-24-17)14-5-9-16(21)10-6-14/h1-11,19H,12H2,(H,22,23). The second-order valence-corrected chi connectivity index (χ2v) is 7.27. The molecule has 2 aromatic carbocycles. The van der Waals surface area contributed by atoms with Gasteiger partial charge in [-0.15, -0.1) is 11.3 Å². The molecule has 0 fully saturated rings. The van der Waals surface area contributed by atoms with Crippen molar-refractivity contribution >= 4 is 33.2 Å². The number of carbonyl (C=O) groups is 1. The van der Waals surface area contributed by atoms with Crippen LogP contribution in [-0.2, 0) is 11.2 Å². The van der Waals surface area contributed by atoms with Gasteiger partial charge in [0.15, 0.2) is 0 Å². The van der Waals surface area contributed by atoms with E-state index in [4.69, 9.17) is 0 Å². The monoisotopic (exact) mass is 403 g/mol. The van der Waals surface area contributed by atoms with E-state index in [-0.39, 0.29) is 17.8 Å². The molecule has 1 aromatic heterocycles. The van der Waals surface area contributed by atoms with Crippen molar-refractivity contribution in [3.05, 3.63) is 92.3 Å². The van der Waals surface area contributed by atoms with Gasteiger partial charge in [-0.25, -0.2) is 4.39 Å². The minimum absolute atomic E-state index is 0.0694. The topological polar surface area (TPSA) is 29.1 Å². The van der Waals surface area contributed by atoms with Crippen molar-refractivity contribution < 1.29 is 9.18 Å². The lowest BCUT2D eigenvalue weighted by Gasteiger charge is -2.18. The van der Waals surface area contributed by atoms with Gasteiger partial charge >= 0.3 is 0 Å². The normalized spacial score (nSPS) is 11.9. The Kier molecular flexibility index (Phi) is 5.43. The van der Waals surface area contributed by atoms with Gasteiger partial charge in [-0.1, -0.05) is 46.3 Å². The van der Waals surface area contributed by atoms with Crippen molar-refractivity contribution in [3.8, 4) is 0 Å². The third-order valence-electron chi connectivity index (χ3n) is 3.61. The zero-order chi connectivity index (χ0) is 16.9. The van der Waals surface area contributed by atoms with Gasteiger partial charge in [0.1, 0.15) is 5.82 Å². The van der Waals surface area contributed by atoms with Crippen LogP contribution in [0.1, 0.15) is 22.0 Å². The smallest absolute Gasteiger partial charge is 0.225 e. The number of hydrogen-bond acceptors (Lipinski definition) is 2. The van der Waals surface area contributed by atoms with E-state index in [9.17, 15) is 9.18 Å². The predicted octanol–water partition coefficient (Wildman–Crippen LogP) is 5.10. The van der Waals surface area contributed by atoms with E-state index in [2.05, 4.69) is 21.2 Å². The highest BCUT2D eigenvalue weighted by Gasteiger charge is 2.18. The van der Waals surface area contributed by atoms with Crippen LogP contribution in [0.4, 0.5) is 4.39 Å². The van der Waals surface area contributed by atoms with Gasteiger partial charge in [0, 0.05) is 9.35 Å². The van der Waals surface area contributed by atoms with Gasteiger partial charge in [0.2, 0.25) is 5.91 Å². The Balaban J connectivity index is 1.77. The van der Waals surface area contributed by atoms with Crippen LogP contribution in [0.3, 0.4) is 0 Å². The number of hydrogen-bond donors (Lipinski definition) is 1. The van der Waals surface area contributed by atoms with Gasteiger partial charge in [0.05, 0.1) is 12.5 Å². The summed E-state index contributed by atoms with van der Waals surface area (Å²) in [6.07, 6.45) is 0.302. The van der Waals surface area contributed by atoms with Gasteiger partial charge in [-0.2, -0.15) is 0 Å². The Hall–Kier alpha value is -1.98. The molecule has 5 heteroatoms. The quantitative estimate of drug-likeness (QED) is 0.630. The third kappa shape index (κ3) is 4.30. The van der Waals surface area contributed by atoms with Gasteiger partial charge in [-0.05, 0) is 46.8 Å². The molecule has 0 saturated heterocycles. The number of amides is 1. The van der Waals surface area contributed by atoms with E-state index in [0.717, 1.165) is 20.5 Å². The zero-order valence-electron chi connectivity index (χ0n) is 12.7. The predicted molar refractivity (Wildman–Crippen MR) is 98.6 cm³/mol. The Labute approximate surface area is 152 Å². The average Bonchev–Trinajstić information content (AvgIpc) is 3.10. The molecule has 0 aliphatic carbocycles. The molecule has 0 bridgehead atoms. The van der Waals surface area contributed by atoms with E-state index in [1.807, 2.05) is 41.8 Å². The van der Waals surface area contributed by atoms with Crippen LogP contribution in [0.2, 0.25) is 0 Å². The minimum Gasteiger partial charge on any atom is -0.344 e. The number of thiophene rings is 1. The first kappa shape index (κ1) is 16.9. The molecule has 3 rings (SSSR count). The van der Waals surface area contributed by atoms with Crippen molar-refractivity contribution in [1.29, 1.82) is 0 Å². The lowest BCUT2D eigenvalue weighted by molar-refractivity contribution is -0.120. The second kappa shape index (κ2) is 7.73. The van der Waals surface area contributed by atoms with Crippen LogP contribution in [-0.4, -0.2) is 5.91 Å². The summed E-state index contributed by atoms with van der Waals surface area (Å²) in [7, 11) is 0. The molecule has 1 unspecified atom stereocenters. The molecular formula is C19H15BrFNOS. The molecule has 1 heterocycles. The highest BCUT2D eigenvalue weighted by molar-refractivity contribution is 9.10. The van der Waals surface area contributed by atoms with Gasteiger partial charge in [-0.3, -0.25) is 4.79 Å². The SMILES string of the molecule is O=C(Cc1ccc(Br)cc1)NC(c1ccc(F)cc1)c1cccs1. The van der Waals surface area contributed by atoms with Crippen LogP contribution >= 0.6 is 27.3 Å². The molecule has 122 valence electrons. The van der Waals surface area contributed by atoms with Crippen LogP contribution in [0.25, 0.3) is 0 Å². The Morgan fingerprint density at radius 2 is 1.79 bits per heavy atom. The zero-order valence-corrected chi connectivity index (χ0v) is 15.1. The van der Waals surface area contributed by atoms with Crippen molar-refractivity contribution in [2.45, 2.75) is 12.5 Å². The first-order chi connectivity index (χ1) is 11.6. The van der Waals surface area contributed by atoms with E-state index >= 15 is 0 Å². The Morgan fingerprint density at radius 3 is 2.42 bits per heavy atom. The van der Waals surface area contributed by atoms with Crippen LogP contribution in [0.5, 0.6) is 0 Å². The molecule has 1 amide bonds. The summed E-state index contributed by atoms with van der Waals surface area (Å²) in [4.78, 5) is 13.5. The summed E-state index contributed by atoms with van der Waals surface area (Å²) in [5.41, 5.74) is 1.81. The fourth-order valence-electron chi connectivity index (χ4n) is 2.43. The van der Waals surface area contributed by atoms with Crippen LogP contribution in [0.15, 0.2) is 70.5 Å². The van der Waals surface area contributed by atoms with E-state index in [1.54, 1.807) is 23.5 Å². The fraction of sp³-hybridized carbons (Fsp3) is 0.105. The maximum atomic E-state index is 13.2. The van der Waals surface area contributed by atoms with E-state index in [0.29, 0.717) is 6.42 Å². The number of halogens is 2. The van der Waals surface area contributed by atoms with Gasteiger partial charge in [0.25, 0.3) is 0 Å². The molecule has 1 atom stereocenters. The molecule has 0 radical (unpaired) electrons. The number of benzene rings is 2. The van der Waals surface area contributed by atoms with Gasteiger partial charge < -0.3 is 5.32 Å². The summed E-state index contributed by atoms with van der Waals surface area (Å²) >= 11 is 4.95. The molecule has 1 N–H and O–H groups in total. The average molecular weight is 404 g/mol. The molecule has 0 aliphatic heterocycles. The maximum Gasteiger partial charge on any atom is 0.225 e. The summed E-state index contributed by atoms with van der Waals surface area (Å²) in [5, 5.41) is 5.02. The number of rotatable bonds is 5. The molecule has 0 aliphatic rings. The van der Waals surface area contributed by atoms with E-state index in [1.165, 1.54) is 12.1 Å². The molecule has 2 nitrogen and oxygen atoms in total. The maximum absolute atomic E-state index is 13.2. The van der Waals surface area contributed by atoms with Crippen molar-refractivity contribution in [2.24, 2.45) is 0 Å². The highest BCUT2D eigenvalue weighted by atomic mass is 79.9. The van der Waals surface area contributed by atoms with Crippen LogP contribution in [0, 0.1) is 5.82 Å². The largest absolute Gasteiger partial charge is 0.344 e. The molecule has 24 heavy (non-hydrogen) atoms. The van der Waals surface area contributed by atoms with E-state index < -0.39 is 0 Å². The number of nitrogens with one attached hydrogen (secondary N) is 1. The molecule has 3 aromatic rings. The Morgan fingerprint density at radius 1 is 1.08 bits per heavy atom. The first-order valence-corrected chi connectivity index (χ1v) is 9.12. The summed E-state index contributed by atoms with van der Waals surface area (Å²) in [6.45, 7) is 0. The lowest BCUT2D eigenvalue weighted by atomic mass is 10.0.